The third-order valence-electron chi connectivity index (χ3n) is 4.18. The SMILES string of the molecule is CCCC1=C(C(=O)OC(C)C)C(c2ccc(OC(C)C)c(OCC)c2)NC(=O)N1. The van der Waals surface area contributed by atoms with Crippen molar-refractivity contribution in [1.82, 2.24) is 10.6 Å². The molecule has 1 atom stereocenters. The van der Waals surface area contributed by atoms with Gasteiger partial charge in [-0.1, -0.05) is 19.4 Å². The lowest BCUT2D eigenvalue weighted by Crippen LogP contribution is -2.46. The Hall–Kier alpha value is -2.70. The highest BCUT2D eigenvalue weighted by Gasteiger charge is 2.34. The van der Waals surface area contributed by atoms with Gasteiger partial charge in [0.15, 0.2) is 11.5 Å². The Labute approximate surface area is 172 Å². The maximum Gasteiger partial charge on any atom is 0.338 e. The number of rotatable bonds is 9. The van der Waals surface area contributed by atoms with Crippen molar-refractivity contribution in [2.75, 3.05) is 6.61 Å². The van der Waals surface area contributed by atoms with Gasteiger partial charge in [-0.25, -0.2) is 9.59 Å². The standard InChI is InChI=1S/C22H32N2O5/c1-7-9-16-19(21(25)29-14(5)6)20(24-22(26)23-16)15-10-11-17(28-13(3)4)18(12-15)27-8-2/h10-14,20H,7-9H2,1-6H3,(H2,23,24,26). The summed E-state index contributed by atoms with van der Waals surface area (Å²) in [6.07, 6.45) is 1.08. The smallest absolute Gasteiger partial charge is 0.338 e. The van der Waals surface area contributed by atoms with Crippen LogP contribution in [0.3, 0.4) is 0 Å². The molecule has 1 aromatic rings. The van der Waals surface area contributed by atoms with E-state index in [1.54, 1.807) is 19.9 Å². The molecule has 7 nitrogen and oxygen atoms in total. The summed E-state index contributed by atoms with van der Waals surface area (Å²) in [6.45, 7) is 11.8. The van der Waals surface area contributed by atoms with Crippen molar-refractivity contribution in [2.45, 2.75) is 72.6 Å². The molecule has 0 fully saturated rings. The Bertz CT molecular complexity index is 770. The second-order valence-corrected chi connectivity index (χ2v) is 7.43. The van der Waals surface area contributed by atoms with Gasteiger partial charge in [0.25, 0.3) is 0 Å². The fourth-order valence-corrected chi connectivity index (χ4v) is 3.16. The lowest BCUT2D eigenvalue weighted by molar-refractivity contribution is -0.143. The monoisotopic (exact) mass is 404 g/mol. The number of nitrogens with one attached hydrogen (secondary N) is 2. The van der Waals surface area contributed by atoms with Crippen LogP contribution < -0.4 is 20.1 Å². The van der Waals surface area contributed by atoms with Crippen molar-refractivity contribution in [1.29, 1.82) is 0 Å². The molecule has 2 rings (SSSR count). The van der Waals surface area contributed by atoms with E-state index in [-0.39, 0.29) is 18.2 Å². The molecule has 2 N–H and O–H groups in total. The minimum absolute atomic E-state index is 0.00808. The van der Waals surface area contributed by atoms with Crippen molar-refractivity contribution >= 4 is 12.0 Å². The maximum absolute atomic E-state index is 12.9. The fourth-order valence-electron chi connectivity index (χ4n) is 3.16. The maximum atomic E-state index is 12.9. The van der Waals surface area contributed by atoms with E-state index in [0.29, 0.717) is 35.8 Å². The van der Waals surface area contributed by atoms with Gasteiger partial charge in [0.1, 0.15) is 0 Å². The molecule has 0 aromatic heterocycles. The molecule has 1 aliphatic heterocycles. The van der Waals surface area contributed by atoms with Crippen molar-refractivity contribution in [2.24, 2.45) is 0 Å². The Morgan fingerprint density at radius 1 is 1.10 bits per heavy atom. The molecule has 0 saturated heterocycles. The number of esters is 1. The van der Waals surface area contributed by atoms with Crippen LogP contribution >= 0.6 is 0 Å². The molecule has 160 valence electrons. The third-order valence-corrected chi connectivity index (χ3v) is 4.18. The molecule has 7 heteroatoms. The van der Waals surface area contributed by atoms with Gasteiger partial charge in [-0.3, -0.25) is 0 Å². The van der Waals surface area contributed by atoms with E-state index >= 15 is 0 Å². The average Bonchev–Trinajstić information content (AvgIpc) is 2.62. The van der Waals surface area contributed by atoms with Crippen LogP contribution in [0.15, 0.2) is 29.5 Å². The number of amides is 2. The first-order chi connectivity index (χ1) is 13.8. The molecule has 0 radical (unpaired) electrons. The Morgan fingerprint density at radius 3 is 2.41 bits per heavy atom. The molecule has 1 aliphatic rings. The molecule has 1 aromatic carbocycles. The number of allylic oxidation sites excluding steroid dienone is 1. The molecule has 2 amide bonds. The largest absolute Gasteiger partial charge is 0.490 e. The molecular formula is C22H32N2O5. The topological polar surface area (TPSA) is 85.9 Å². The van der Waals surface area contributed by atoms with Crippen LogP contribution in [-0.4, -0.2) is 30.8 Å². The number of ether oxygens (including phenoxy) is 3. The van der Waals surface area contributed by atoms with Crippen LogP contribution in [0.1, 0.15) is 66.0 Å². The minimum Gasteiger partial charge on any atom is -0.490 e. The van der Waals surface area contributed by atoms with E-state index in [0.717, 1.165) is 12.0 Å². The number of carbonyl (C=O) groups excluding carboxylic acids is 2. The summed E-state index contributed by atoms with van der Waals surface area (Å²) in [7, 11) is 0. The van der Waals surface area contributed by atoms with Crippen molar-refractivity contribution in [3.05, 3.63) is 35.0 Å². The molecule has 29 heavy (non-hydrogen) atoms. The van der Waals surface area contributed by atoms with Gasteiger partial charge in [0.05, 0.1) is 30.4 Å². The summed E-state index contributed by atoms with van der Waals surface area (Å²) in [6, 6.07) is 4.47. The summed E-state index contributed by atoms with van der Waals surface area (Å²) in [5, 5.41) is 5.62. The summed E-state index contributed by atoms with van der Waals surface area (Å²) < 4.78 is 17.0. The summed E-state index contributed by atoms with van der Waals surface area (Å²) in [5.41, 5.74) is 1.73. The van der Waals surface area contributed by atoms with E-state index < -0.39 is 12.0 Å². The van der Waals surface area contributed by atoms with E-state index in [4.69, 9.17) is 14.2 Å². The van der Waals surface area contributed by atoms with Crippen LogP contribution in [0.25, 0.3) is 0 Å². The molecule has 0 aliphatic carbocycles. The third kappa shape index (κ3) is 5.89. The lowest BCUT2D eigenvalue weighted by Gasteiger charge is -2.30. The molecule has 1 heterocycles. The predicted molar refractivity (Wildman–Crippen MR) is 111 cm³/mol. The van der Waals surface area contributed by atoms with Gasteiger partial charge >= 0.3 is 12.0 Å². The zero-order chi connectivity index (χ0) is 21.6. The molecule has 0 spiro atoms. The van der Waals surface area contributed by atoms with Gasteiger partial charge in [-0.2, -0.15) is 0 Å². The highest BCUT2D eigenvalue weighted by Crippen LogP contribution is 2.36. The first-order valence-corrected chi connectivity index (χ1v) is 10.2. The zero-order valence-corrected chi connectivity index (χ0v) is 18.1. The molecular weight excluding hydrogens is 372 g/mol. The van der Waals surface area contributed by atoms with Gasteiger partial charge < -0.3 is 24.8 Å². The van der Waals surface area contributed by atoms with Crippen LogP contribution in [0, 0.1) is 0 Å². The van der Waals surface area contributed by atoms with Crippen molar-refractivity contribution in [3.8, 4) is 11.5 Å². The minimum atomic E-state index is -0.635. The van der Waals surface area contributed by atoms with Crippen molar-refractivity contribution in [3.63, 3.8) is 0 Å². The first kappa shape index (κ1) is 22.6. The Balaban J connectivity index is 2.52. The number of carbonyl (C=O) groups is 2. The van der Waals surface area contributed by atoms with Crippen LogP contribution in [0.2, 0.25) is 0 Å². The van der Waals surface area contributed by atoms with E-state index in [2.05, 4.69) is 10.6 Å². The quantitative estimate of drug-likeness (QED) is 0.602. The molecule has 1 unspecified atom stereocenters. The van der Waals surface area contributed by atoms with Gasteiger partial charge in [0, 0.05) is 5.70 Å². The van der Waals surface area contributed by atoms with Crippen molar-refractivity contribution < 1.29 is 23.8 Å². The number of benzene rings is 1. The molecule has 0 saturated carbocycles. The van der Waals surface area contributed by atoms with Gasteiger partial charge in [0.2, 0.25) is 0 Å². The summed E-state index contributed by atoms with van der Waals surface area (Å²) in [4.78, 5) is 25.2. The average molecular weight is 405 g/mol. The molecule has 0 bridgehead atoms. The zero-order valence-electron chi connectivity index (χ0n) is 18.1. The lowest BCUT2D eigenvalue weighted by atomic mass is 9.93. The highest BCUT2D eigenvalue weighted by molar-refractivity contribution is 5.95. The highest BCUT2D eigenvalue weighted by atomic mass is 16.5. The normalized spacial score (nSPS) is 16.6. The number of urea groups is 1. The summed E-state index contributed by atoms with van der Waals surface area (Å²) >= 11 is 0. The van der Waals surface area contributed by atoms with Gasteiger partial charge in [-0.15, -0.1) is 0 Å². The Morgan fingerprint density at radius 2 is 1.83 bits per heavy atom. The fraction of sp³-hybridized carbons (Fsp3) is 0.545. The predicted octanol–water partition coefficient (Wildman–Crippen LogP) is 4.23. The first-order valence-electron chi connectivity index (χ1n) is 10.2. The van der Waals surface area contributed by atoms with Crippen LogP contribution in [0.4, 0.5) is 4.79 Å². The van der Waals surface area contributed by atoms with Crippen LogP contribution in [0.5, 0.6) is 11.5 Å². The summed E-state index contributed by atoms with van der Waals surface area (Å²) in [5.74, 6) is 0.747. The number of hydrogen-bond acceptors (Lipinski definition) is 5. The van der Waals surface area contributed by atoms with E-state index in [1.807, 2.05) is 39.8 Å². The van der Waals surface area contributed by atoms with E-state index in [9.17, 15) is 9.59 Å². The second-order valence-electron chi connectivity index (χ2n) is 7.43. The van der Waals surface area contributed by atoms with Gasteiger partial charge in [-0.05, 0) is 58.7 Å². The second kappa shape index (κ2) is 10.2. The Kier molecular flexibility index (Phi) is 7.93. The van der Waals surface area contributed by atoms with Crippen LogP contribution in [-0.2, 0) is 9.53 Å². The number of hydrogen-bond donors (Lipinski definition) is 2. The van der Waals surface area contributed by atoms with E-state index in [1.165, 1.54) is 0 Å².